The molecule has 0 aliphatic heterocycles. The van der Waals surface area contributed by atoms with Crippen LogP contribution in [0.4, 0.5) is 0 Å². The Labute approximate surface area is 87.6 Å². The maximum absolute atomic E-state index is 6.02. The number of ether oxygens (including phenoxy) is 1. The molecule has 0 aromatic carbocycles. The van der Waals surface area contributed by atoms with Gasteiger partial charge in [0, 0.05) is 19.2 Å². The second-order valence-electron chi connectivity index (χ2n) is 4.29. The van der Waals surface area contributed by atoms with Crippen LogP contribution in [0.2, 0.25) is 0 Å². The van der Waals surface area contributed by atoms with Gasteiger partial charge in [-0.15, -0.1) is 0 Å². The molecule has 0 aromatic heterocycles. The summed E-state index contributed by atoms with van der Waals surface area (Å²) < 4.78 is 5.30. The van der Waals surface area contributed by atoms with E-state index in [-0.39, 0.29) is 0 Å². The molecule has 14 heavy (non-hydrogen) atoms. The highest BCUT2D eigenvalue weighted by Crippen LogP contribution is 2.32. The Balaban J connectivity index is 1.93. The Kier molecular flexibility index (Phi) is 5.45. The van der Waals surface area contributed by atoms with E-state index in [1.807, 2.05) is 6.92 Å². The minimum atomic E-state index is 0.435. The minimum Gasteiger partial charge on any atom is -0.380 e. The summed E-state index contributed by atoms with van der Waals surface area (Å²) in [6.45, 7) is 5.81. The van der Waals surface area contributed by atoms with Crippen LogP contribution in [-0.4, -0.2) is 44.3 Å². The predicted octanol–water partition coefficient (Wildman–Crippen LogP) is 1.08. The SMILES string of the molecule is CCOCCN(C)CCC(N)C1CC1. The highest BCUT2D eigenvalue weighted by atomic mass is 16.5. The molecule has 1 aliphatic carbocycles. The third kappa shape index (κ3) is 4.94. The lowest BCUT2D eigenvalue weighted by atomic mass is 10.1. The van der Waals surface area contributed by atoms with E-state index in [4.69, 9.17) is 10.5 Å². The molecule has 2 N–H and O–H groups in total. The monoisotopic (exact) mass is 200 g/mol. The fraction of sp³-hybridized carbons (Fsp3) is 1.00. The standard InChI is InChI=1S/C11H24N2O/c1-3-14-9-8-13(2)7-6-11(12)10-4-5-10/h10-11H,3-9,12H2,1-2H3. The highest BCUT2D eigenvalue weighted by Gasteiger charge is 2.27. The molecule has 0 amide bonds. The van der Waals surface area contributed by atoms with E-state index in [0.29, 0.717) is 6.04 Å². The fourth-order valence-electron chi connectivity index (χ4n) is 1.61. The van der Waals surface area contributed by atoms with Crippen molar-refractivity contribution in [3.8, 4) is 0 Å². The summed E-state index contributed by atoms with van der Waals surface area (Å²) in [6, 6.07) is 0.435. The van der Waals surface area contributed by atoms with E-state index >= 15 is 0 Å². The normalized spacial score (nSPS) is 18.9. The van der Waals surface area contributed by atoms with Gasteiger partial charge in [0.2, 0.25) is 0 Å². The van der Waals surface area contributed by atoms with Gasteiger partial charge in [0.25, 0.3) is 0 Å². The van der Waals surface area contributed by atoms with Crippen LogP contribution in [0, 0.1) is 5.92 Å². The van der Waals surface area contributed by atoms with Gasteiger partial charge >= 0.3 is 0 Å². The van der Waals surface area contributed by atoms with Crippen LogP contribution in [0.5, 0.6) is 0 Å². The van der Waals surface area contributed by atoms with Gasteiger partial charge in [-0.1, -0.05) is 0 Å². The van der Waals surface area contributed by atoms with Gasteiger partial charge in [0.05, 0.1) is 6.61 Å². The summed E-state index contributed by atoms with van der Waals surface area (Å²) in [4.78, 5) is 2.30. The number of likely N-dealkylation sites (N-methyl/N-ethyl adjacent to an activating group) is 1. The fourth-order valence-corrected chi connectivity index (χ4v) is 1.61. The molecule has 0 aromatic rings. The molecule has 3 heteroatoms. The van der Waals surface area contributed by atoms with E-state index in [1.165, 1.54) is 12.8 Å². The molecule has 0 spiro atoms. The first kappa shape index (κ1) is 12.0. The predicted molar refractivity (Wildman–Crippen MR) is 59.3 cm³/mol. The van der Waals surface area contributed by atoms with Crippen molar-refractivity contribution >= 4 is 0 Å². The number of nitrogens with two attached hydrogens (primary N) is 1. The molecular formula is C11H24N2O. The van der Waals surface area contributed by atoms with Gasteiger partial charge in [-0.25, -0.2) is 0 Å². The topological polar surface area (TPSA) is 38.5 Å². The minimum absolute atomic E-state index is 0.435. The molecule has 84 valence electrons. The first-order chi connectivity index (χ1) is 6.74. The van der Waals surface area contributed by atoms with Gasteiger partial charge in [-0.05, 0) is 45.7 Å². The van der Waals surface area contributed by atoms with E-state index in [9.17, 15) is 0 Å². The Morgan fingerprint density at radius 3 is 2.71 bits per heavy atom. The Bertz CT molecular complexity index is 148. The van der Waals surface area contributed by atoms with E-state index < -0.39 is 0 Å². The molecule has 1 atom stereocenters. The number of nitrogens with zero attached hydrogens (tertiary/aromatic N) is 1. The molecule has 1 aliphatic rings. The second-order valence-corrected chi connectivity index (χ2v) is 4.29. The van der Waals surface area contributed by atoms with Crippen molar-refractivity contribution in [3.63, 3.8) is 0 Å². The van der Waals surface area contributed by atoms with Crippen LogP contribution in [0.15, 0.2) is 0 Å². The molecule has 1 unspecified atom stereocenters. The smallest absolute Gasteiger partial charge is 0.0593 e. The van der Waals surface area contributed by atoms with Gasteiger partial charge < -0.3 is 15.4 Å². The van der Waals surface area contributed by atoms with Crippen molar-refractivity contribution in [2.75, 3.05) is 33.4 Å². The number of hydrogen-bond acceptors (Lipinski definition) is 3. The van der Waals surface area contributed by atoms with Crippen LogP contribution in [-0.2, 0) is 4.74 Å². The molecule has 0 heterocycles. The maximum atomic E-state index is 6.02. The Morgan fingerprint density at radius 1 is 1.43 bits per heavy atom. The molecule has 0 radical (unpaired) electrons. The first-order valence-corrected chi connectivity index (χ1v) is 5.76. The number of hydrogen-bond donors (Lipinski definition) is 1. The third-order valence-corrected chi connectivity index (χ3v) is 2.89. The lowest BCUT2D eigenvalue weighted by Gasteiger charge is -2.18. The zero-order valence-electron chi connectivity index (χ0n) is 9.54. The lowest BCUT2D eigenvalue weighted by Crippen LogP contribution is -2.31. The van der Waals surface area contributed by atoms with Gasteiger partial charge in [0.1, 0.15) is 0 Å². The third-order valence-electron chi connectivity index (χ3n) is 2.89. The lowest BCUT2D eigenvalue weighted by molar-refractivity contribution is 0.121. The largest absolute Gasteiger partial charge is 0.380 e. The molecular weight excluding hydrogens is 176 g/mol. The van der Waals surface area contributed by atoms with Gasteiger partial charge in [0.15, 0.2) is 0 Å². The summed E-state index contributed by atoms with van der Waals surface area (Å²) in [5.41, 5.74) is 6.02. The molecule has 1 saturated carbocycles. The molecule has 0 bridgehead atoms. The van der Waals surface area contributed by atoms with Crippen LogP contribution < -0.4 is 5.73 Å². The average molecular weight is 200 g/mol. The van der Waals surface area contributed by atoms with E-state index in [2.05, 4.69) is 11.9 Å². The Morgan fingerprint density at radius 2 is 2.14 bits per heavy atom. The van der Waals surface area contributed by atoms with Crippen molar-refractivity contribution < 1.29 is 4.74 Å². The highest BCUT2D eigenvalue weighted by molar-refractivity contribution is 4.84. The zero-order chi connectivity index (χ0) is 10.4. The molecule has 1 rings (SSSR count). The van der Waals surface area contributed by atoms with Crippen molar-refractivity contribution in [2.45, 2.75) is 32.2 Å². The van der Waals surface area contributed by atoms with Gasteiger partial charge in [-0.2, -0.15) is 0 Å². The quantitative estimate of drug-likeness (QED) is 0.596. The van der Waals surface area contributed by atoms with Crippen molar-refractivity contribution in [2.24, 2.45) is 11.7 Å². The summed E-state index contributed by atoms with van der Waals surface area (Å²) in [6.07, 6.45) is 3.83. The average Bonchev–Trinajstić information content (AvgIpc) is 2.98. The molecule has 3 nitrogen and oxygen atoms in total. The van der Waals surface area contributed by atoms with Crippen molar-refractivity contribution in [1.29, 1.82) is 0 Å². The first-order valence-electron chi connectivity index (χ1n) is 5.76. The Hall–Kier alpha value is -0.120. The van der Waals surface area contributed by atoms with E-state index in [0.717, 1.165) is 38.6 Å². The van der Waals surface area contributed by atoms with Crippen LogP contribution in [0.25, 0.3) is 0 Å². The zero-order valence-corrected chi connectivity index (χ0v) is 9.54. The van der Waals surface area contributed by atoms with Crippen molar-refractivity contribution in [3.05, 3.63) is 0 Å². The second kappa shape index (κ2) is 6.38. The van der Waals surface area contributed by atoms with E-state index in [1.54, 1.807) is 0 Å². The summed E-state index contributed by atoms with van der Waals surface area (Å²) in [5.74, 6) is 0.829. The summed E-state index contributed by atoms with van der Waals surface area (Å²) in [5, 5.41) is 0. The van der Waals surface area contributed by atoms with Gasteiger partial charge in [-0.3, -0.25) is 0 Å². The molecule has 1 fully saturated rings. The summed E-state index contributed by atoms with van der Waals surface area (Å²) >= 11 is 0. The molecule has 0 saturated heterocycles. The summed E-state index contributed by atoms with van der Waals surface area (Å²) in [7, 11) is 2.14. The van der Waals surface area contributed by atoms with Crippen molar-refractivity contribution in [1.82, 2.24) is 4.90 Å². The maximum Gasteiger partial charge on any atom is 0.0593 e. The van der Waals surface area contributed by atoms with Crippen LogP contribution in [0.3, 0.4) is 0 Å². The van der Waals surface area contributed by atoms with Crippen LogP contribution >= 0.6 is 0 Å². The number of rotatable bonds is 8. The van der Waals surface area contributed by atoms with Crippen LogP contribution in [0.1, 0.15) is 26.2 Å².